The van der Waals surface area contributed by atoms with E-state index in [1.54, 1.807) is 16.5 Å². The van der Waals surface area contributed by atoms with Crippen molar-refractivity contribution in [1.82, 2.24) is 24.6 Å². The van der Waals surface area contributed by atoms with Crippen LogP contribution in [0.5, 0.6) is 0 Å². The molecule has 1 aliphatic heterocycles. The Labute approximate surface area is 256 Å². The van der Waals surface area contributed by atoms with Crippen LogP contribution >= 0.6 is 11.6 Å². The lowest BCUT2D eigenvalue weighted by Crippen LogP contribution is -2.47. The van der Waals surface area contributed by atoms with Gasteiger partial charge >= 0.3 is 0 Å². The Morgan fingerprint density at radius 2 is 1.84 bits per heavy atom. The lowest BCUT2D eigenvalue weighted by molar-refractivity contribution is 0.1000. The molecule has 3 N–H and O–H groups in total. The van der Waals surface area contributed by atoms with Crippen molar-refractivity contribution < 1.29 is 4.79 Å². The molecule has 1 fully saturated rings. The maximum absolute atomic E-state index is 12.5. The van der Waals surface area contributed by atoms with Crippen LogP contribution in [0.3, 0.4) is 0 Å². The van der Waals surface area contributed by atoms with Crippen molar-refractivity contribution in [2.24, 2.45) is 11.1 Å². The number of piperazine rings is 1. The largest absolute Gasteiger partial charge is 0.369 e. The summed E-state index contributed by atoms with van der Waals surface area (Å²) >= 11 is 6.21. The van der Waals surface area contributed by atoms with Gasteiger partial charge in [0.05, 0.1) is 23.0 Å². The van der Waals surface area contributed by atoms with Gasteiger partial charge in [-0.3, -0.25) is 9.69 Å². The number of fused-ring (bicyclic) bond motifs is 2. The Balaban J connectivity index is 1.12. The number of allylic oxidation sites excluding steroid dienone is 1. The number of nitrogens with one attached hydrogen (secondary N) is 1. The second-order valence-corrected chi connectivity index (χ2v) is 13.1. The highest BCUT2D eigenvalue weighted by atomic mass is 35.5. The smallest absolute Gasteiger partial charge is 0.250 e. The van der Waals surface area contributed by atoms with Crippen LogP contribution < -0.4 is 10.6 Å². The van der Waals surface area contributed by atoms with Crippen molar-refractivity contribution in [3.63, 3.8) is 0 Å². The highest BCUT2D eigenvalue weighted by Crippen LogP contribution is 2.43. The number of aromatic amines is 1. The summed E-state index contributed by atoms with van der Waals surface area (Å²) in [7, 11) is 0. The van der Waals surface area contributed by atoms with Gasteiger partial charge in [-0.2, -0.15) is 5.10 Å². The van der Waals surface area contributed by atoms with Crippen molar-refractivity contribution in [2.75, 3.05) is 37.6 Å². The minimum atomic E-state index is -0.480. The van der Waals surface area contributed by atoms with E-state index in [9.17, 15) is 4.79 Å². The topological polar surface area (TPSA) is 96.1 Å². The van der Waals surface area contributed by atoms with Gasteiger partial charge < -0.3 is 15.6 Å². The number of carbonyl (C=O) groups excluding carboxylic acids is 1. The molecule has 5 aromatic rings. The van der Waals surface area contributed by atoms with Crippen LogP contribution in [0.2, 0.25) is 5.02 Å². The number of benzene rings is 2. The maximum Gasteiger partial charge on any atom is 0.250 e. The molecule has 0 spiro atoms. The van der Waals surface area contributed by atoms with Gasteiger partial charge in [-0.15, -0.1) is 0 Å². The van der Waals surface area contributed by atoms with Crippen molar-refractivity contribution in [1.29, 1.82) is 0 Å². The van der Waals surface area contributed by atoms with Crippen molar-refractivity contribution in [3.8, 4) is 5.69 Å². The summed E-state index contributed by atoms with van der Waals surface area (Å²) in [6.07, 6.45) is 7.03. The highest BCUT2D eigenvalue weighted by Gasteiger charge is 2.29. The number of amides is 1. The summed E-state index contributed by atoms with van der Waals surface area (Å²) < 4.78 is 1.78. The number of carbonyl (C=O) groups is 1. The number of hydrogen-bond acceptors (Lipinski definition) is 5. The van der Waals surface area contributed by atoms with Gasteiger partial charge in [0.1, 0.15) is 11.2 Å². The number of pyridine rings is 1. The summed E-state index contributed by atoms with van der Waals surface area (Å²) in [5, 5.41) is 6.38. The molecule has 0 bridgehead atoms. The molecule has 0 unspecified atom stereocenters. The minimum absolute atomic E-state index is 0.301. The summed E-state index contributed by atoms with van der Waals surface area (Å²) in [5.41, 5.74) is 15.0. The quantitative estimate of drug-likeness (QED) is 0.236. The van der Waals surface area contributed by atoms with Crippen LogP contribution in [0.15, 0.2) is 72.6 Å². The maximum atomic E-state index is 12.5. The Morgan fingerprint density at radius 3 is 2.60 bits per heavy atom. The van der Waals surface area contributed by atoms with E-state index < -0.39 is 5.91 Å². The SMILES string of the molecule is CC1(C)CCC(CN2CCN(c3ccc(C(N)=O)c(-n4ncc5nc6[nH]ccc6cc54)c3)CC2)=C(c2ccc(Cl)cc2)C1. The number of nitrogens with zero attached hydrogens (tertiary/aromatic N) is 5. The van der Waals surface area contributed by atoms with Crippen LogP contribution in [-0.4, -0.2) is 63.3 Å². The third kappa shape index (κ3) is 5.41. The molecule has 8 nitrogen and oxygen atoms in total. The second-order valence-electron chi connectivity index (χ2n) is 12.6. The predicted octanol–water partition coefficient (Wildman–Crippen LogP) is 6.44. The van der Waals surface area contributed by atoms with E-state index in [4.69, 9.17) is 17.3 Å². The standard InChI is InChI=1S/C34H36ClN7O/c1-34(2)11-9-24(28(19-34)22-3-5-25(35)6-4-22)21-40-13-15-41(16-14-40)26-7-8-27(32(36)43)30(18-26)42-31-17-23-10-12-37-33(23)39-29(31)20-38-42/h3-8,10,12,17-18,20H,9,11,13-16,19,21H2,1-2H3,(H2,36,43)(H,37,39). The molecular weight excluding hydrogens is 558 g/mol. The fourth-order valence-electron chi connectivity index (χ4n) is 6.61. The highest BCUT2D eigenvalue weighted by molar-refractivity contribution is 6.30. The van der Waals surface area contributed by atoms with E-state index in [1.807, 2.05) is 48.7 Å². The summed E-state index contributed by atoms with van der Waals surface area (Å²) in [5.74, 6) is -0.480. The molecule has 1 amide bonds. The molecule has 2 aromatic carbocycles. The van der Waals surface area contributed by atoms with E-state index in [0.717, 1.165) is 78.3 Å². The first-order chi connectivity index (χ1) is 20.7. The lowest BCUT2D eigenvalue weighted by atomic mass is 9.72. The van der Waals surface area contributed by atoms with Gasteiger partial charge in [-0.1, -0.05) is 43.2 Å². The first-order valence-corrected chi connectivity index (χ1v) is 15.3. The van der Waals surface area contributed by atoms with Crippen molar-refractivity contribution >= 4 is 50.8 Å². The second kappa shape index (κ2) is 10.8. The van der Waals surface area contributed by atoms with Gasteiger partial charge in [0.2, 0.25) is 0 Å². The monoisotopic (exact) mass is 593 g/mol. The fraction of sp³-hybridized carbons (Fsp3) is 0.324. The van der Waals surface area contributed by atoms with Crippen LogP contribution in [0.25, 0.3) is 33.3 Å². The zero-order valence-corrected chi connectivity index (χ0v) is 25.4. The Morgan fingerprint density at radius 1 is 1.05 bits per heavy atom. The van der Waals surface area contributed by atoms with Gasteiger partial charge in [-0.05, 0) is 78.3 Å². The van der Waals surface area contributed by atoms with Crippen LogP contribution in [0.4, 0.5) is 5.69 Å². The molecular formula is C34H36ClN7O. The summed E-state index contributed by atoms with van der Waals surface area (Å²) in [6, 6.07) is 18.2. The molecule has 1 saturated heterocycles. The Kier molecular flexibility index (Phi) is 6.98. The summed E-state index contributed by atoms with van der Waals surface area (Å²) in [6.45, 7) is 9.47. The number of anilines is 1. The Bertz CT molecular complexity index is 1860. The van der Waals surface area contributed by atoms with E-state index >= 15 is 0 Å². The number of halogens is 1. The number of nitrogens with two attached hydrogens (primary N) is 1. The normalized spacial score (nSPS) is 17.7. The molecule has 7 rings (SSSR count). The van der Waals surface area contributed by atoms with E-state index in [-0.39, 0.29) is 0 Å². The zero-order chi connectivity index (χ0) is 29.7. The average Bonchev–Trinajstić information content (AvgIpc) is 3.63. The molecule has 3 aromatic heterocycles. The number of primary amides is 1. The lowest BCUT2D eigenvalue weighted by Gasteiger charge is -2.39. The predicted molar refractivity (Wildman–Crippen MR) is 174 cm³/mol. The van der Waals surface area contributed by atoms with Crippen molar-refractivity contribution in [3.05, 3.63) is 88.7 Å². The molecule has 1 aliphatic carbocycles. The average molecular weight is 594 g/mol. The number of rotatable bonds is 6. The summed E-state index contributed by atoms with van der Waals surface area (Å²) in [4.78, 5) is 25.3. The van der Waals surface area contributed by atoms with Gasteiger partial charge in [-0.25, -0.2) is 9.67 Å². The van der Waals surface area contributed by atoms with Crippen molar-refractivity contribution in [2.45, 2.75) is 33.1 Å². The fourth-order valence-corrected chi connectivity index (χ4v) is 6.74. The van der Waals surface area contributed by atoms with E-state index in [0.29, 0.717) is 16.7 Å². The van der Waals surface area contributed by atoms with E-state index in [1.165, 1.54) is 17.6 Å². The molecule has 43 heavy (non-hydrogen) atoms. The van der Waals surface area contributed by atoms with Crippen LogP contribution in [0, 0.1) is 5.41 Å². The first-order valence-electron chi connectivity index (χ1n) is 14.9. The zero-order valence-electron chi connectivity index (χ0n) is 24.6. The number of H-pyrrole nitrogens is 1. The Hall–Kier alpha value is -4.14. The third-order valence-electron chi connectivity index (χ3n) is 9.07. The number of aromatic nitrogens is 4. The van der Waals surface area contributed by atoms with Crippen LogP contribution in [-0.2, 0) is 0 Å². The van der Waals surface area contributed by atoms with Gasteiger partial charge in [0.15, 0.2) is 0 Å². The van der Waals surface area contributed by atoms with Gasteiger partial charge in [0, 0.05) is 55.0 Å². The molecule has 0 atom stereocenters. The molecule has 4 heterocycles. The van der Waals surface area contributed by atoms with Gasteiger partial charge in [0.25, 0.3) is 5.91 Å². The molecule has 220 valence electrons. The molecule has 0 radical (unpaired) electrons. The van der Waals surface area contributed by atoms with E-state index in [2.05, 4.69) is 50.8 Å². The third-order valence-corrected chi connectivity index (χ3v) is 9.32. The van der Waals surface area contributed by atoms with Crippen LogP contribution in [0.1, 0.15) is 49.0 Å². The molecule has 9 heteroatoms. The molecule has 2 aliphatic rings. The number of hydrogen-bond donors (Lipinski definition) is 2. The first kappa shape index (κ1) is 27.7. The molecule has 0 saturated carbocycles. The minimum Gasteiger partial charge on any atom is -0.369 e.